The number of nitrogens with zero attached hydrogens (tertiary/aromatic N) is 3. The van der Waals surface area contributed by atoms with Gasteiger partial charge in [-0.2, -0.15) is 0 Å². The van der Waals surface area contributed by atoms with E-state index in [1.54, 1.807) is 18.2 Å². The molecule has 7 atom stereocenters. The van der Waals surface area contributed by atoms with Crippen molar-refractivity contribution in [2.75, 3.05) is 31.2 Å². The predicted octanol–water partition coefficient (Wildman–Crippen LogP) is 9.84. The summed E-state index contributed by atoms with van der Waals surface area (Å²) in [6, 6.07) is 37.7. The van der Waals surface area contributed by atoms with Crippen LogP contribution in [0.25, 0.3) is 0 Å². The van der Waals surface area contributed by atoms with E-state index in [4.69, 9.17) is 9.47 Å². The highest BCUT2D eigenvalue weighted by molar-refractivity contribution is 6.24. The third-order valence-corrected chi connectivity index (χ3v) is 14.9. The first kappa shape index (κ1) is 46.7. The number of imide groups is 1. The molecule has 0 aromatic heterocycles. The van der Waals surface area contributed by atoms with Gasteiger partial charge >= 0.3 is 12.0 Å². The van der Waals surface area contributed by atoms with Crippen LogP contribution in [0.4, 0.5) is 10.5 Å². The second kappa shape index (κ2) is 20.5. The van der Waals surface area contributed by atoms with Gasteiger partial charge in [-0.25, -0.2) is 9.69 Å². The molecule has 5 aliphatic rings. The molecule has 10 rings (SSSR count). The van der Waals surface area contributed by atoms with Crippen molar-refractivity contribution in [3.05, 3.63) is 178 Å². The van der Waals surface area contributed by atoms with Crippen molar-refractivity contribution in [1.82, 2.24) is 15.1 Å². The largest absolute Gasteiger partial charge is 0.491 e. The van der Waals surface area contributed by atoms with Gasteiger partial charge in [-0.05, 0) is 109 Å². The Kier molecular flexibility index (Phi) is 13.7. The summed E-state index contributed by atoms with van der Waals surface area (Å²) < 4.78 is 12.6. The van der Waals surface area contributed by atoms with Gasteiger partial charge in [-0.1, -0.05) is 140 Å². The number of esters is 1. The van der Waals surface area contributed by atoms with Gasteiger partial charge in [0.1, 0.15) is 29.9 Å². The molecule has 1 aliphatic carbocycles. The number of hydrogen-bond donors (Lipinski definition) is 2. The summed E-state index contributed by atoms with van der Waals surface area (Å²) in [6.45, 7) is 2.69. The molecule has 3 saturated heterocycles. The number of fused-ring (bicyclic) bond motifs is 3. The lowest BCUT2D eigenvalue weighted by Gasteiger charge is -2.46. The zero-order valence-electron chi connectivity index (χ0n) is 39.7. The van der Waals surface area contributed by atoms with Gasteiger partial charge in [0.25, 0.3) is 0 Å². The Labute approximate surface area is 410 Å². The van der Waals surface area contributed by atoms with Gasteiger partial charge in [0.2, 0.25) is 11.8 Å². The Hall–Kier alpha value is -7.00. The molecule has 0 bridgehead atoms. The number of anilines is 1. The molecule has 2 N–H and O–H groups in total. The van der Waals surface area contributed by atoms with Gasteiger partial charge in [0.15, 0.2) is 0 Å². The molecule has 0 radical (unpaired) electrons. The minimum Gasteiger partial charge on any atom is -0.491 e. The lowest BCUT2D eigenvalue weighted by molar-refractivity contribution is -0.179. The van der Waals surface area contributed by atoms with E-state index in [1.807, 2.05) is 127 Å². The third kappa shape index (κ3) is 8.69. The van der Waals surface area contributed by atoms with Crippen molar-refractivity contribution in [3.63, 3.8) is 0 Å². The number of likely N-dealkylation sites (tertiary alicyclic amines) is 1. The fourth-order valence-corrected chi connectivity index (χ4v) is 11.7. The van der Waals surface area contributed by atoms with E-state index in [0.717, 1.165) is 80.1 Å². The molecule has 4 aliphatic heterocycles. The van der Waals surface area contributed by atoms with E-state index < -0.39 is 59.5 Å². The van der Waals surface area contributed by atoms with Crippen LogP contribution < -0.4 is 15.0 Å². The highest BCUT2D eigenvalue weighted by Crippen LogP contribution is 2.66. The summed E-state index contributed by atoms with van der Waals surface area (Å²) in [4.78, 5) is 69.2. The lowest BCUT2D eigenvalue weighted by atomic mass is 9.64. The molecule has 5 aromatic rings. The number of ether oxygens (including phenoxy) is 2. The van der Waals surface area contributed by atoms with Crippen LogP contribution in [0, 0.1) is 17.8 Å². The monoisotopic (exact) mass is 936 g/mol. The van der Waals surface area contributed by atoms with Crippen LogP contribution in [-0.4, -0.2) is 71.1 Å². The van der Waals surface area contributed by atoms with Gasteiger partial charge in [0.05, 0.1) is 36.3 Å². The fourth-order valence-electron chi connectivity index (χ4n) is 11.7. The summed E-state index contributed by atoms with van der Waals surface area (Å²) in [5, 5.41) is 12.8. The molecule has 3 fully saturated rings. The van der Waals surface area contributed by atoms with Crippen LogP contribution in [0.15, 0.2) is 145 Å². The fraction of sp³-hybridized carbons (Fsp3) is 0.356. The van der Waals surface area contributed by atoms with Gasteiger partial charge in [-0.15, -0.1) is 0 Å². The number of allylic oxidation sites excluding steroid dienone is 2. The van der Waals surface area contributed by atoms with Crippen molar-refractivity contribution >= 4 is 29.5 Å². The third-order valence-electron chi connectivity index (χ3n) is 14.9. The number of urea groups is 1. The molecular formula is C59H60N4O7. The predicted molar refractivity (Wildman–Crippen MR) is 267 cm³/mol. The molecule has 5 aromatic carbocycles. The number of cyclic esters (lactones) is 1. The molecule has 70 heavy (non-hydrogen) atoms. The number of aliphatic hydroxyl groups excluding tert-OH is 1. The first-order chi connectivity index (χ1) is 34.3. The summed E-state index contributed by atoms with van der Waals surface area (Å²) in [6.07, 6.45) is 9.87. The number of nitrogens with one attached hydrogen (secondary N) is 1. The summed E-state index contributed by atoms with van der Waals surface area (Å²) >= 11 is 0. The second-order valence-electron chi connectivity index (χ2n) is 19.2. The summed E-state index contributed by atoms with van der Waals surface area (Å²) in [7, 11) is 0. The van der Waals surface area contributed by atoms with Crippen LogP contribution in [-0.2, 0) is 24.5 Å². The highest BCUT2D eigenvalue weighted by atomic mass is 16.6. The standard InChI is InChI=1S/C59H60N4O7/c1-40(43-21-11-6-12-22-43)60-58(68)62-49-34-29-42(28-27-41-19-9-5-10-20-41)39-48(49)59(57(62)67)50(55(65)61-35-17-3-2-4-18-36-61)52-56(66)70-53(45-25-15-8-16-26-45)51(44-23-13-7-14-24-44)63(52)54(59)46-30-32-47(33-31-46)69-38-37-64/h6-8,11-16,19,21-26,29-34,39-40,50-54,64H,2-5,9-10,17-18,20,35-38H2,1H3,(H,60,68). The van der Waals surface area contributed by atoms with Gasteiger partial charge < -0.3 is 24.8 Å². The van der Waals surface area contributed by atoms with Crippen LogP contribution in [0.1, 0.15) is 122 Å². The number of carbonyl (C=O) groups excluding carboxylic acids is 4. The zero-order chi connectivity index (χ0) is 48.2. The molecule has 4 amide bonds. The van der Waals surface area contributed by atoms with E-state index in [0.29, 0.717) is 41.2 Å². The number of morpholine rings is 1. The van der Waals surface area contributed by atoms with Gasteiger partial charge in [-0.3, -0.25) is 19.3 Å². The lowest BCUT2D eigenvalue weighted by Crippen LogP contribution is -2.57. The smallest absolute Gasteiger partial charge is 0.329 e. The topological polar surface area (TPSA) is 129 Å². The van der Waals surface area contributed by atoms with Crippen molar-refractivity contribution in [1.29, 1.82) is 0 Å². The van der Waals surface area contributed by atoms with Crippen LogP contribution in [0.5, 0.6) is 5.75 Å². The van der Waals surface area contributed by atoms with E-state index in [2.05, 4.69) is 28.1 Å². The van der Waals surface area contributed by atoms with Crippen LogP contribution in [0.3, 0.4) is 0 Å². The van der Waals surface area contributed by atoms with Crippen LogP contribution in [0.2, 0.25) is 0 Å². The summed E-state index contributed by atoms with van der Waals surface area (Å²) in [5.41, 5.74) is 3.63. The first-order valence-corrected chi connectivity index (χ1v) is 25.1. The second-order valence-corrected chi connectivity index (χ2v) is 19.2. The maximum atomic E-state index is 16.8. The van der Waals surface area contributed by atoms with Crippen molar-refractivity contribution < 1.29 is 33.8 Å². The Bertz CT molecular complexity index is 2800. The Balaban J connectivity index is 1.26. The van der Waals surface area contributed by atoms with E-state index in [1.165, 1.54) is 4.90 Å². The van der Waals surface area contributed by atoms with Crippen molar-refractivity contribution in [2.24, 2.45) is 5.92 Å². The van der Waals surface area contributed by atoms with Crippen LogP contribution >= 0.6 is 0 Å². The SMILES string of the molecule is CC(NC(=O)N1C(=O)C2(c3cc(C#CC4=CCCCC4)ccc31)C(C(=O)N1CCCCCCC1)C1C(=O)OC(c3ccccc3)C(c3ccccc3)N1C2c1ccc(OCCO)cc1)c1ccccc1. The number of amides is 4. The molecule has 7 unspecified atom stereocenters. The molecule has 11 nitrogen and oxygen atoms in total. The molecular weight excluding hydrogens is 877 g/mol. The highest BCUT2D eigenvalue weighted by Gasteiger charge is 2.76. The number of carbonyl (C=O) groups is 4. The molecule has 4 heterocycles. The number of benzene rings is 5. The van der Waals surface area contributed by atoms with Crippen molar-refractivity contribution in [2.45, 2.75) is 100 Å². The minimum absolute atomic E-state index is 0.0754. The van der Waals surface area contributed by atoms with Crippen molar-refractivity contribution in [3.8, 4) is 17.6 Å². The minimum atomic E-state index is -1.89. The van der Waals surface area contributed by atoms with Gasteiger partial charge in [0, 0.05) is 18.7 Å². The van der Waals surface area contributed by atoms with E-state index in [-0.39, 0.29) is 19.1 Å². The average Bonchev–Trinajstić information content (AvgIpc) is 3.84. The normalized spacial score (nSPS) is 24.8. The quantitative estimate of drug-likeness (QED) is 0.111. The number of aliphatic hydroxyl groups is 1. The van der Waals surface area contributed by atoms with E-state index in [9.17, 15) is 5.11 Å². The van der Waals surface area contributed by atoms with E-state index >= 15 is 19.2 Å². The Morgan fingerprint density at radius 2 is 1.44 bits per heavy atom. The number of rotatable bonds is 9. The molecule has 0 saturated carbocycles. The molecule has 1 spiro atoms. The first-order valence-electron chi connectivity index (χ1n) is 25.1. The molecule has 358 valence electrons. The number of hydrogen-bond acceptors (Lipinski definition) is 8. The molecule has 11 heteroatoms. The average molecular weight is 937 g/mol. The summed E-state index contributed by atoms with van der Waals surface area (Å²) in [5.74, 6) is 4.42. The maximum Gasteiger partial charge on any atom is 0.329 e. The Morgan fingerprint density at radius 3 is 2.11 bits per heavy atom. The zero-order valence-corrected chi connectivity index (χ0v) is 39.7. The maximum absolute atomic E-state index is 16.8. The Morgan fingerprint density at radius 1 is 0.771 bits per heavy atom.